The van der Waals surface area contributed by atoms with Crippen LogP contribution in [0.15, 0.2) is 4.52 Å². The number of nitrogens with zero attached hydrogens (tertiary/aromatic N) is 2. The van der Waals surface area contributed by atoms with Crippen molar-refractivity contribution in [2.45, 2.75) is 51.0 Å². The van der Waals surface area contributed by atoms with E-state index < -0.39 is 0 Å². The lowest BCUT2D eigenvalue weighted by molar-refractivity contribution is 0.330. The number of nitrogens with two attached hydrogens (primary N) is 1. The van der Waals surface area contributed by atoms with Crippen molar-refractivity contribution in [1.82, 2.24) is 10.1 Å². The Kier molecular flexibility index (Phi) is 2.82. The van der Waals surface area contributed by atoms with Crippen LogP contribution in [-0.2, 0) is 0 Å². The third-order valence-corrected chi connectivity index (χ3v) is 2.84. The summed E-state index contributed by atoms with van der Waals surface area (Å²) in [5.41, 5.74) is 5.88. The second-order valence-corrected chi connectivity index (χ2v) is 4.01. The number of rotatable bonds is 4. The lowest BCUT2D eigenvalue weighted by atomic mass is 9.85. The monoisotopic (exact) mass is 195 g/mol. The summed E-state index contributed by atoms with van der Waals surface area (Å²) in [6, 6.07) is -0.0821. The van der Waals surface area contributed by atoms with Crippen LogP contribution in [0.4, 0.5) is 0 Å². The van der Waals surface area contributed by atoms with Crippen molar-refractivity contribution in [2.75, 3.05) is 0 Å². The molecule has 0 amide bonds. The Morgan fingerprint density at radius 3 is 2.93 bits per heavy atom. The van der Waals surface area contributed by atoms with Gasteiger partial charge in [0.05, 0.1) is 6.04 Å². The SMILES string of the molecule is CCC[C@@H](N)c1nc(C2CCC2)no1. The summed E-state index contributed by atoms with van der Waals surface area (Å²) < 4.78 is 5.15. The van der Waals surface area contributed by atoms with Crippen LogP contribution >= 0.6 is 0 Å². The molecule has 4 nitrogen and oxygen atoms in total. The zero-order valence-electron chi connectivity index (χ0n) is 8.57. The third-order valence-electron chi connectivity index (χ3n) is 2.84. The summed E-state index contributed by atoms with van der Waals surface area (Å²) in [6.07, 6.45) is 5.63. The Morgan fingerprint density at radius 2 is 2.36 bits per heavy atom. The molecule has 0 spiro atoms. The van der Waals surface area contributed by atoms with Gasteiger partial charge in [0.2, 0.25) is 5.89 Å². The average molecular weight is 195 g/mol. The first-order valence-electron chi connectivity index (χ1n) is 5.40. The first kappa shape index (κ1) is 9.65. The zero-order valence-corrected chi connectivity index (χ0v) is 8.57. The quantitative estimate of drug-likeness (QED) is 0.799. The summed E-state index contributed by atoms with van der Waals surface area (Å²) in [4.78, 5) is 4.35. The highest BCUT2D eigenvalue weighted by Crippen LogP contribution is 2.34. The number of aromatic nitrogens is 2. The molecule has 1 aromatic heterocycles. The largest absolute Gasteiger partial charge is 0.338 e. The molecule has 0 aliphatic heterocycles. The van der Waals surface area contributed by atoms with E-state index in [0.29, 0.717) is 11.8 Å². The van der Waals surface area contributed by atoms with E-state index >= 15 is 0 Å². The van der Waals surface area contributed by atoms with Crippen LogP contribution in [-0.4, -0.2) is 10.1 Å². The molecule has 14 heavy (non-hydrogen) atoms. The fourth-order valence-corrected chi connectivity index (χ4v) is 1.66. The van der Waals surface area contributed by atoms with Crippen molar-refractivity contribution in [3.05, 3.63) is 11.7 Å². The van der Waals surface area contributed by atoms with Crippen molar-refractivity contribution in [3.8, 4) is 0 Å². The number of hydrogen-bond donors (Lipinski definition) is 1. The van der Waals surface area contributed by atoms with Gasteiger partial charge in [-0.2, -0.15) is 4.98 Å². The molecule has 1 aliphatic carbocycles. The molecule has 0 bridgehead atoms. The van der Waals surface area contributed by atoms with Gasteiger partial charge < -0.3 is 10.3 Å². The Bertz CT molecular complexity index is 293. The van der Waals surface area contributed by atoms with E-state index in [-0.39, 0.29) is 6.04 Å². The van der Waals surface area contributed by atoms with Gasteiger partial charge in [-0.15, -0.1) is 0 Å². The molecule has 1 saturated carbocycles. The highest BCUT2D eigenvalue weighted by Gasteiger charge is 2.25. The van der Waals surface area contributed by atoms with Gasteiger partial charge in [-0.05, 0) is 19.3 Å². The van der Waals surface area contributed by atoms with Crippen molar-refractivity contribution in [1.29, 1.82) is 0 Å². The molecule has 2 N–H and O–H groups in total. The van der Waals surface area contributed by atoms with E-state index in [9.17, 15) is 0 Å². The number of hydrogen-bond acceptors (Lipinski definition) is 4. The van der Waals surface area contributed by atoms with Crippen LogP contribution in [0.25, 0.3) is 0 Å². The van der Waals surface area contributed by atoms with Crippen LogP contribution in [0.2, 0.25) is 0 Å². The highest BCUT2D eigenvalue weighted by molar-refractivity contribution is 5.01. The van der Waals surface area contributed by atoms with Crippen LogP contribution in [0, 0.1) is 0 Å². The molecule has 1 atom stereocenters. The minimum atomic E-state index is -0.0821. The van der Waals surface area contributed by atoms with Gasteiger partial charge in [0.25, 0.3) is 0 Å². The van der Waals surface area contributed by atoms with Gasteiger partial charge in [-0.3, -0.25) is 0 Å². The first-order valence-corrected chi connectivity index (χ1v) is 5.40. The van der Waals surface area contributed by atoms with E-state index in [1.54, 1.807) is 0 Å². The van der Waals surface area contributed by atoms with Gasteiger partial charge in [0, 0.05) is 5.92 Å². The van der Waals surface area contributed by atoms with Crippen LogP contribution in [0.1, 0.15) is 62.7 Å². The average Bonchev–Trinajstić information content (AvgIpc) is 2.50. The van der Waals surface area contributed by atoms with Gasteiger partial charge in [-0.1, -0.05) is 24.9 Å². The van der Waals surface area contributed by atoms with Crippen LogP contribution in [0.3, 0.4) is 0 Å². The smallest absolute Gasteiger partial charge is 0.243 e. The van der Waals surface area contributed by atoms with Gasteiger partial charge >= 0.3 is 0 Å². The second-order valence-electron chi connectivity index (χ2n) is 4.01. The molecular formula is C10H17N3O. The molecule has 0 radical (unpaired) electrons. The normalized spacial score (nSPS) is 19.3. The van der Waals surface area contributed by atoms with E-state index in [1.807, 2.05) is 0 Å². The summed E-state index contributed by atoms with van der Waals surface area (Å²) in [7, 11) is 0. The first-order chi connectivity index (χ1) is 6.81. The maximum Gasteiger partial charge on any atom is 0.243 e. The molecule has 1 heterocycles. The van der Waals surface area contributed by atoms with E-state index in [4.69, 9.17) is 10.3 Å². The molecule has 1 aliphatic rings. The third kappa shape index (κ3) is 1.80. The van der Waals surface area contributed by atoms with Crippen LogP contribution < -0.4 is 5.73 Å². The maximum absolute atomic E-state index is 5.88. The summed E-state index contributed by atoms with van der Waals surface area (Å²) in [5.74, 6) is 1.99. The van der Waals surface area contributed by atoms with E-state index in [2.05, 4.69) is 17.1 Å². The molecule has 1 aromatic rings. The fourth-order valence-electron chi connectivity index (χ4n) is 1.66. The molecular weight excluding hydrogens is 178 g/mol. The summed E-state index contributed by atoms with van der Waals surface area (Å²) in [6.45, 7) is 2.10. The van der Waals surface area contributed by atoms with Crippen molar-refractivity contribution >= 4 is 0 Å². The summed E-state index contributed by atoms with van der Waals surface area (Å²) >= 11 is 0. The zero-order chi connectivity index (χ0) is 9.97. The molecule has 0 aromatic carbocycles. The summed E-state index contributed by atoms with van der Waals surface area (Å²) in [5, 5.41) is 3.98. The molecule has 4 heteroatoms. The van der Waals surface area contributed by atoms with Gasteiger partial charge in [0.1, 0.15) is 0 Å². The highest BCUT2D eigenvalue weighted by atomic mass is 16.5. The van der Waals surface area contributed by atoms with Crippen molar-refractivity contribution < 1.29 is 4.52 Å². The van der Waals surface area contributed by atoms with Crippen molar-refractivity contribution in [2.24, 2.45) is 5.73 Å². The Labute approximate surface area is 83.9 Å². The predicted molar refractivity (Wildman–Crippen MR) is 52.7 cm³/mol. The maximum atomic E-state index is 5.88. The van der Waals surface area contributed by atoms with Crippen LogP contribution in [0.5, 0.6) is 0 Å². The molecule has 0 unspecified atom stereocenters. The van der Waals surface area contributed by atoms with E-state index in [1.165, 1.54) is 19.3 Å². The molecule has 2 rings (SSSR count). The van der Waals surface area contributed by atoms with Crippen molar-refractivity contribution in [3.63, 3.8) is 0 Å². The second kappa shape index (κ2) is 4.09. The Balaban J connectivity index is 2.01. The van der Waals surface area contributed by atoms with Gasteiger partial charge in [-0.25, -0.2) is 0 Å². The Hall–Kier alpha value is -0.900. The van der Waals surface area contributed by atoms with Gasteiger partial charge in [0.15, 0.2) is 5.82 Å². The van der Waals surface area contributed by atoms with E-state index in [0.717, 1.165) is 18.7 Å². The molecule has 0 saturated heterocycles. The molecule has 78 valence electrons. The predicted octanol–water partition coefficient (Wildman–Crippen LogP) is 2.14. The molecule has 1 fully saturated rings. The topological polar surface area (TPSA) is 64.9 Å². The lowest BCUT2D eigenvalue weighted by Gasteiger charge is -2.21. The fraction of sp³-hybridized carbons (Fsp3) is 0.800. The Morgan fingerprint density at radius 1 is 1.57 bits per heavy atom. The lowest BCUT2D eigenvalue weighted by Crippen LogP contribution is -2.12. The standard InChI is InChI=1S/C10H17N3O/c1-2-4-8(11)10-12-9(13-14-10)7-5-3-6-7/h7-8H,2-6,11H2,1H3/t8-/m1/s1. The minimum Gasteiger partial charge on any atom is -0.338 e. The minimum absolute atomic E-state index is 0.0821.